The lowest BCUT2D eigenvalue weighted by Gasteiger charge is -2.13. The third-order valence-electron chi connectivity index (χ3n) is 2.51. The van der Waals surface area contributed by atoms with Crippen LogP contribution in [-0.4, -0.2) is 11.7 Å². The summed E-state index contributed by atoms with van der Waals surface area (Å²) in [6.45, 7) is 0.701. The molecule has 0 spiro atoms. The molecule has 2 N–H and O–H groups in total. The van der Waals surface area contributed by atoms with Crippen molar-refractivity contribution in [2.45, 2.75) is 12.6 Å². The van der Waals surface area contributed by atoms with Gasteiger partial charge in [-0.05, 0) is 29.8 Å². The number of hydrogen-bond donors (Lipinski definition) is 2. The standard InChI is InChI=1S/C13H14BrNO2/c14-11-4-1-3-10(7-11)8-15-12(9-16)13-5-2-6-17-13/h1-7,12,15-16H,8-9H2. The largest absolute Gasteiger partial charge is 0.468 e. The van der Waals surface area contributed by atoms with Gasteiger partial charge in [-0.15, -0.1) is 0 Å². The first-order chi connectivity index (χ1) is 8.29. The van der Waals surface area contributed by atoms with Gasteiger partial charge in [0.15, 0.2) is 0 Å². The van der Waals surface area contributed by atoms with Gasteiger partial charge in [-0.2, -0.15) is 0 Å². The third kappa shape index (κ3) is 3.43. The average Bonchev–Trinajstić information content (AvgIpc) is 2.84. The van der Waals surface area contributed by atoms with Crippen molar-refractivity contribution >= 4 is 15.9 Å². The molecule has 0 bridgehead atoms. The Morgan fingerprint density at radius 1 is 1.29 bits per heavy atom. The number of nitrogens with one attached hydrogen (secondary N) is 1. The molecule has 1 atom stereocenters. The Bertz CT molecular complexity index is 456. The quantitative estimate of drug-likeness (QED) is 0.892. The topological polar surface area (TPSA) is 45.4 Å². The Balaban J connectivity index is 1.97. The molecule has 1 aromatic carbocycles. The maximum absolute atomic E-state index is 9.30. The molecule has 0 saturated heterocycles. The SMILES string of the molecule is OCC(NCc1cccc(Br)c1)c1ccco1. The molecule has 1 heterocycles. The van der Waals surface area contributed by atoms with E-state index in [4.69, 9.17) is 4.42 Å². The van der Waals surface area contributed by atoms with E-state index in [1.54, 1.807) is 6.26 Å². The van der Waals surface area contributed by atoms with Crippen molar-refractivity contribution in [3.05, 3.63) is 58.5 Å². The average molecular weight is 296 g/mol. The number of aliphatic hydroxyl groups excluding tert-OH is 1. The van der Waals surface area contributed by atoms with E-state index in [2.05, 4.69) is 21.2 Å². The van der Waals surface area contributed by atoms with E-state index in [-0.39, 0.29) is 12.6 Å². The fraction of sp³-hybridized carbons (Fsp3) is 0.231. The predicted molar refractivity (Wildman–Crippen MR) is 69.5 cm³/mol. The van der Waals surface area contributed by atoms with Crippen LogP contribution in [0.15, 0.2) is 51.6 Å². The molecule has 0 fully saturated rings. The summed E-state index contributed by atoms with van der Waals surface area (Å²) in [6.07, 6.45) is 1.61. The first-order valence-electron chi connectivity index (χ1n) is 5.41. The molecule has 0 radical (unpaired) electrons. The number of rotatable bonds is 5. The van der Waals surface area contributed by atoms with Crippen molar-refractivity contribution in [3.8, 4) is 0 Å². The van der Waals surface area contributed by atoms with E-state index < -0.39 is 0 Å². The van der Waals surface area contributed by atoms with Gasteiger partial charge in [0, 0.05) is 11.0 Å². The van der Waals surface area contributed by atoms with Crippen LogP contribution in [0.25, 0.3) is 0 Å². The Morgan fingerprint density at radius 2 is 2.18 bits per heavy atom. The molecule has 0 aliphatic rings. The van der Waals surface area contributed by atoms with Gasteiger partial charge in [-0.1, -0.05) is 28.1 Å². The Morgan fingerprint density at radius 3 is 2.82 bits per heavy atom. The van der Waals surface area contributed by atoms with E-state index in [1.165, 1.54) is 0 Å². The highest BCUT2D eigenvalue weighted by atomic mass is 79.9. The van der Waals surface area contributed by atoms with Crippen LogP contribution in [0, 0.1) is 0 Å². The van der Waals surface area contributed by atoms with Crippen molar-refractivity contribution < 1.29 is 9.52 Å². The van der Waals surface area contributed by atoms with Crippen LogP contribution in [0.1, 0.15) is 17.4 Å². The predicted octanol–water partition coefficient (Wildman–Crippen LogP) is 2.87. The number of halogens is 1. The minimum absolute atomic E-state index is 0.0154. The normalized spacial score (nSPS) is 12.6. The molecule has 17 heavy (non-hydrogen) atoms. The Kier molecular flexibility index (Phi) is 4.36. The van der Waals surface area contributed by atoms with Gasteiger partial charge in [-0.25, -0.2) is 0 Å². The third-order valence-corrected chi connectivity index (χ3v) is 3.00. The molecule has 0 aliphatic heterocycles. The van der Waals surface area contributed by atoms with E-state index >= 15 is 0 Å². The lowest BCUT2D eigenvalue weighted by molar-refractivity contribution is 0.225. The number of hydrogen-bond acceptors (Lipinski definition) is 3. The minimum atomic E-state index is -0.163. The van der Waals surface area contributed by atoms with Crippen LogP contribution in [0.4, 0.5) is 0 Å². The van der Waals surface area contributed by atoms with Crippen molar-refractivity contribution in [2.75, 3.05) is 6.61 Å². The maximum Gasteiger partial charge on any atom is 0.123 e. The lowest BCUT2D eigenvalue weighted by atomic mass is 10.2. The van der Waals surface area contributed by atoms with Crippen molar-refractivity contribution in [1.29, 1.82) is 0 Å². The van der Waals surface area contributed by atoms with Crippen LogP contribution in [-0.2, 0) is 6.54 Å². The summed E-state index contributed by atoms with van der Waals surface area (Å²) in [6, 6.07) is 11.6. The molecule has 90 valence electrons. The molecule has 0 amide bonds. The highest BCUT2D eigenvalue weighted by molar-refractivity contribution is 9.10. The molecule has 3 nitrogen and oxygen atoms in total. The summed E-state index contributed by atoms with van der Waals surface area (Å²) in [4.78, 5) is 0. The van der Waals surface area contributed by atoms with Gasteiger partial charge >= 0.3 is 0 Å². The Labute approximate surface area is 109 Å². The lowest BCUT2D eigenvalue weighted by Crippen LogP contribution is -2.23. The second kappa shape index (κ2) is 6.00. The summed E-state index contributed by atoms with van der Waals surface area (Å²) in [5.74, 6) is 0.752. The summed E-state index contributed by atoms with van der Waals surface area (Å²) in [5.41, 5.74) is 1.16. The molecule has 2 rings (SSSR count). The van der Waals surface area contributed by atoms with E-state index in [9.17, 15) is 5.11 Å². The van der Waals surface area contributed by atoms with Crippen LogP contribution in [0.2, 0.25) is 0 Å². The number of furan rings is 1. The first kappa shape index (κ1) is 12.4. The minimum Gasteiger partial charge on any atom is -0.468 e. The molecule has 2 aromatic rings. The number of benzene rings is 1. The number of aliphatic hydroxyl groups is 1. The van der Waals surface area contributed by atoms with Gasteiger partial charge in [0.2, 0.25) is 0 Å². The summed E-state index contributed by atoms with van der Waals surface area (Å²) < 4.78 is 6.32. The molecule has 0 aliphatic carbocycles. The Hall–Kier alpha value is -1.10. The van der Waals surface area contributed by atoms with Gasteiger partial charge in [0.1, 0.15) is 5.76 Å². The smallest absolute Gasteiger partial charge is 0.123 e. The molecular weight excluding hydrogens is 282 g/mol. The monoisotopic (exact) mass is 295 g/mol. The molecular formula is C13H14BrNO2. The van der Waals surface area contributed by atoms with Gasteiger partial charge < -0.3 is 14.8 Å². The molecule has 1 aromatic heterocycles. The zero-order valence-corrected chi connectivity index (χ0v) is 10.9. The van der Waals surface area contributed by atoms with Crippen LogP contribution < -0.4 is 5.32 Å². The van der Waals surface area contributed by atoms with Crippen molar-refractivity contribution in [3.63, 3.8) is 0 Å². The highest BCUT2D eigenvalue weighted by Gasteiger charge is 2.12. The van der Waals surface area contributed by atoms with E-state index in [0.717, 1.165) is 15.8 Å². The molecule has 1 unspecified atom stereocenters. The highest BCUT2D eigenvalue weighted by Crippen LogP contribution is 2.15. The molecule has 4 heteroatoms. The van der Waals surface area contributed by atoms with Crippen molar-refractivity contribution in [1.82, 2.24) is 5.32 Å². The summed E-state index contributed by atoms with van der Waals surface area (Å²) in [5, 5.41) is 12.5. The summed E-state index contributed by atoms with van der Waals surface area (Å²) >= 11 is 3.43. The van der Waals surface area contributed by atoms with Gasteiger partial charge in [0.25, 0.3) is 0 Å². The fourth-order valence-electron chi connectivity index (χ4n) is 1.63. The van der Waals surface area contributed by atoms with Crippen LogP contribution >= 0.6 is 15.9 Å². The zero-order valence-electron chi connectivity index (χ0n) is 9.27. The zero-order chi connectivity index (χ0) is 12.1. The first-order valence-corrected chi connectivity index (χ1v) is 6.21. The van der Waals surface area contributed by atoms with Crippen LogP contribution in [0.3, 0.4) is 0 Å². The summed E-state index contributed by atoms with van der Waals surface area (Å²) in [7, 11) is 0. The van der Waals surface area contributed by atoms with Gasteiger partial charge in [0.05, 0.1) is 18.9 Å². The van der Waals surface area contributed by atoms with Crippen molar-refractivity contribution in [2.24, 2.45) is 0 Å². The van der Waals surface area contributed by atoms with Gasteiger partial charge in [-0.3, -0.25) is 0 Å². The van der Waals surface area contributed by atoms with E-state index in [0.29, 0.717) is 6.54 Å². The maximum atomic E-state index is 9.30. The molecule has 0 saturated carbocycles. The second-order valence-corrected chi connectivity index (χ2v) is 4.68. The van der Waals surface area contributed by atoms with E-state index in [1.807, 2.05) is 36.4 Å². The second-order valence-electron chi connectivity index (χ2n) is 3.76. The van der Waals surface area contributed by atoms with Crippen LogP contribution in [0.5, 0.6) is 0 Å². The fourth-order valence-corrected chi connectivity index (χ4v) is 2.08.